The number of halogens is 1. The Morgan fingerprint density at radius 2 is 2.17 bits per heavy atom. The van der Waals surface area contributed by atoms with Crippen LogP contribution in [0.25, 0.3) is 0 Å². The van der Waals surface area contributed by atoms with E-state index in [1.54, 1.807) is 7.05 Å². The average molecular weight is 251 g/mol. The number of nitrogens with zero attached hydrogens (tertiary/aromatic N) is 1. The summed E-state index contributed by atoms with van der Waals surface area (Å²) in [7, 11) is 1.67. The summed E-state index contributed by atoms with van der Waals surface area (Å²) >= 11 is 0. The number of aromatic hydroxyl groups is 1. The number of carbonyl (C=O) groups excluding carboxylic acids is 1. The zero-order valence-corrected chi connectivity index (χ0v) is 10.9. The lowest BCUT2D eigenvalue weighted by molar-refractivity contribution is 0.0779. The summed E-state index contributed by atoms with van der Waals surface area (Å²) in [6.07, 6.45) is 1.09. The highest BCUT2D eigenvalue weighted by Crippen LogP contribution is 2.51. The molecule has 1 amide bonds. The summed E-state index contributed by atoms with van der Waals surface area (Å²) in [5.41, 5.74) is 0.210. The summed E-state index contributed by atoms with van der Waals surface area (Å²) in [5, 5.41) is 9.31. The fraction of sp³-hybridized carbons (Fsp3) is 0.500. The zero-order chi connectivity index (χ0) is 13.5. The summed E-state index contributed by atoms with van der Waals surface area (Å²) < 4.78 is 13.5. The number of phenolic OH excluding ortho intramolecular Hbond substituents is 1. The molecule has 2 rings (SSSR count). The van der Waals surface area contributed by atoms with Gasteiger partial charge in [0.15, 0.2) is 0 Å². The van der Waals surface area contributed by atoms with Crippen molar-refractivity contribution in [1.29, 1.82) is 0 Å². The highest BCUT2D eigenvalue weighted by Gasteiger charge is 2.46. The molecule has 1 fully saturated rings. The lowest BCUT2D eigenvalue weighted by atomic mass is 10.1. The molecular weight excluding hydrogens is 233 g/mol. The van der Waals surface area contributed by atoms with Gasteiger partial charge in [-0.3, -0.25) is 4.79 Å². The van der Waals surface area contributed by atoms with Gasteiger partial charge in [-0.2, -0.15) is 0 Å². The monoisotopic (exact) mass is 251 g/mol. The van der Waals surface area contributed by atoms with Crippen molar-refractivity contribution in [2.24, 2.45) is 11.3 Å². The van der Waals surface area contributed by atoms with Gasteiger partial charge in [0.1, 0.15) is 11.6 Å². The summed E-state index contributed by atoms with van der Waals surface area (Å²) in [6.45, 7) is 4.94. The highest BCUT2D eigenvalue weighted by molar-refractivity contribution is 5.94. The van der Waals surface area contributed by atoms with Gasteiger partial charge in [-0.05, 0) is 36.0 Å². The number of phenols is 1. The van der Waals surface area contributed by atoms with Crippen LogP contribution in [0.5, 0.6) is 5.75 Å². The molecular formula is C14H18FNO2. The lowest BCUT2D eigenvalue weighted by Crippen LogP contribution is -2.30. The minimum absolute atomic E-state index is 0.0732. The van der Waals surface area contributed by atoms with Gasteiger partial charge in [0.05, 0.1) is 5.56 Å². The third-order valence-electron chi connectivity index (χ3n) is 3.74. The van der Waals surface area contributed by atoms with Crippen LogP contribution in [0.3, 0.4) is 0 Å². The van der Waals surface area contributed by atoms with E-state index in [0.717, 1.165) is 12.5 Å². The second kappa shape index (κ2) is 4.26. The summed E-state index contributed by atoms with van der Waals surface area (Å²) in [4.78, 5) is 13.6. The van der Waals surface area contributed by atoms with Crippen molar-refractivity contribution in [1.82, 2.24) is 4.90 Å². The van der Waals surface area contributed by atoms with Gasteiger partial charge in [0.2, 0.25) is 0 Å². The van der Waals surface area contributed by atoms with Crippen LogP contribution in [0.4, 0.5) is 4.39 Å². The molecule has 18 heavy (non-hydrogen) atoms. The van der Waals surface area contributed by atoms with Gasteiger partial charge in [-0.15, -0.1) is 0 Å². The Kier molecular flexibility index (Phi) is 3.05. The number of amides is 1. The van der Waals surface area contributed by atoms with E-state index >= 15 is 0 Å². The molecule has 1 N–H and O–H groups in total. The molecule has 1 aliphatic carbocycles. The first-order valence-electron chi connectivity index (χ1n) is 6.05. The molecule has 1 atom stereocenters. The molecule has 1 aliphatic rings. The largest absolute Gasteiger partial charge is 0.508 e. The Labute approximate surface area is 106 Å². The quantitative estimate of drug-likeness (QED) is 0.897. The molecule has 0 aromatic heterocycles. The minimum atomic E-state index is -0.597. The molecule has 3 nitrogen and oxygen atoms in total. The maximum absolute atomic E-state index is 13.5. The van der Waals surface area contributed by atoms with Crippen LogP contribution in [0, 0.1) is 17.2 Å². The Bertz CT molecular complexity index is 485. The predicted molar refractivity (Wildman–Crippen MR) is 66.9 cm³/mol. The maximum Gasteiger partial charge on any atom is 0.256 e. The van der Waals surface area contributed by atoms with Gasteiger partial charge in [-0.1, -0.05) is 13.8 Å². The zero-order valence-electron chi connectivity index (χ0n) is 10.9. The number of benzene rings is 1. The maximum atomic E-state index is 13.5. The molecule has 0 saturated heterocycles. The van der Waals surface area contributed by atoms with Gasteiger partial charge >= 0.3 is 0 Å². The van der Waals surface area contributed by atoms with Crippen LogP contribution in [0.2, 0.25) is 0 Å². The van der Waals surface area contributed by atoms with Crippen molar-refractivity contribution in [3.8, 4) is 5.75 Å². The molecule has 0 heterocycles. The van der Waals surface area contributed by atoms with Crippen LogP contribution in [0.15, 0.2) is 18.2 Å². The van der Waals surface area contributed by atoms with Crippen LogP contribution < -0.4 is 0 Å². The molecule has 0 bridgehead atoms. The van der Waals surface area contributed by atoms with E-state index in [-0.39, 0.29) is 22.6 Å². The van der Waals surface area contributed by atoms with Crippen molar-refractivity contribution >= 4 is 5.91 Å². The van der Waals surface area contributed by atoms with E-state index in [1.807, 2.05) is 0 Å². The number of rotatable bonds is 3. The van der Waals surface area contributed by atoms with Crippen LogP contribution in [-0.4, -0.2) is 29.5 Å². The minimum Gasteiger partial charge on any atom is -0.508 e. The molecule has 1 aromatic rings. The second-order valence-electron chi connectivity index (χ2n) is 5.74. The van der Waals surface area contributed by atoms with Crippen molar-refractivity contribution in [2.75, 3.05) is 13.6 Å². The summed E-state index contributed by atoms with van der Waals surface area (Å²) in [5.74, 6) is -0.600. The fourth-order valence-electron chi connectivity index (χ4n) is 2.18. The fourth-order valence-corrected chi connectivity index (χ4v) is 2.18. The topological polar surface area (TPSA) is 40.5 Å². The predicted octanol–water partition coefficient (Wildman–Crippen LogP) is 2.65. The van der Waals surface area contributed by atoms with Gasteiger partial charge < -0.3 is 10.0 Å². The van der Waals surface area contributed by atoms with E-state index in [2.05, 4.69) is 13.8 Å². The van der Waals surface area contributed by atoms with Gasteiger partial charge in [-0.25, -0.2) is 4.39 Å². The lowest BCUT2D eigenvalue weighted by Gasteiger charge is -2.18. The average Bonchev–Trinajstić information content (AvgIpc) is 2.88. The van der Waals surface area contributed by atoms with Gasteiger partial charge in [0, 0.05) is 13.6 Å². The SMILES string of the molecule is CN(C[C@H]1CC1(C)C)C(=O)c1cc(O)ccc1F. The van der Waals surface area contributed by atoms with Crippen LogP contribution in [0.1, 0.15) is 30.6 Å². The van der Waals surface area contributed by atoms with Crippen LogP contribution >= 0.6 is 0 Å². The molecule has 1 aromatic carbocycles. The van der Waals surface area contributed by atoms with Crippen molar-refractivity contribution in [2.45, 2.75) is 20.3 Å². The Morgan fingerprint density at radius 3 is 2.72 bits per heavy atom. The number of carbonyl (C=O) groups is 1. The molecule has 0 aliphatic heterocycles. The van der Waals surface area contributed by atoms with E-state index in [4.69, 9.17) is 0 Å². The van der Waals surface area contributed by atoms with E-state index in [9.17, 15) is 14.3 Å². The molecule has 0 spiro atoms. The smallest absolute Gasteiger partial charge is 0.256 e. The first-order chi connectivity index (χ1) is 8.31. The van der Waals surface area contributed by atoms with Crippen molar-refractivity contribution in [3.63, 3.8) is 0 Å². The summed E-state index contributed by atoms with van der Waals surface area (Å²) in [6, 6.07) is 3.51. The number of hydrogen-bond acceptors (Lipinski definition) is 2. The normalized spacial score (nSPS) is 20.6. The van der Waals surface area contributed by atoms with Gasteiger partial charge in [0.25, 0.3) is 5.91 Å². The molecule has 4 heteroatoms. The first-order valence-corrected chi connectivity index (χ1v) is 6.05. The Morgan fingerprint density at radius 1 is 1.56 bits per heavy atom. The molecule has 1 saturated carbocycles. The Balaban J connectivity index is 2.08. The highest BCUT2D eigenvalue weighted by atomic mass is 19.1. The standard InChI is InChI=1S/C14H18FNO2/c1-14(2)7-9(14)8-16(3)13(18)11-6-10(17)4-5-12(11)15/h4-6,9,17H,7-8H2,1-3H3/t9-/m1/s1. The first kappa shape index (κ1) is 12.9. The Hall–Kier alpha value is -1.58. The van der Waals surface area contributed by atoms with E-state index in [1.165, 1.54) is 17.0 Å². The second-order valence-corrected chi connectivity index (χ2v) is 5.74. The van der Waals surface area contributed by atoms with Crippen LogP contribution in [-0.2, 0) is 0 Å². The number of hydrogen-bond donors (Lipinski definition) is 1. The molecule has 0 unspecified atom stereocenters. The van der Waals surface area contributed by atoms with E-state index in [0.29, 0.717) is 12.5 Å². The molecule has 98 valence electrons. The third kappa shape index (κ3) is 2.47. The molecule has 0 radical (unpaired) electrons. The van der Waals surface area contributed by atoms with Crippen molar-refractivity contribution < 1.29 is 14.3 Å². The third-order valence-corrected chi connectivity index (χ3v) is 3.74. The van der Waals surface area contributed by atoms with Crippen molar-refractivity contribution in [3.05, 3.63) is 29.6 Å². The van der Waals surface area contributed by atoms with E-state index < -0.39 is 5.82 Å².